The lowest BCUT2D eigenvalue weighted by Gasteiger charge is -2.13. The van der Waals surface area contributed by atoms with Crippen molar-refractivity contribution in [2.45, 2.75) is 33.7 Å². The molecular weight excluding hydrogens is 257 g/mol. The minimum absolute atomic E-state index is 0.0384. The molecular formula is C15H18FN3O. The lowest BCUT2D eigenvalue weighted by molar-refractivity contribution is 0.410. The van der Waals surface area contributed by atoms with E-state index in [0.717, 1.165) is 16.7 Å². The molecule has 0 fully saturated rings. The first kappa shape index (κ1) is 14.4. The summed E-state index contributed by atoms with van der Waals surface area (Å²) in [6.45, 7) is 6.11. The zero-order valence-electron chi connectivity index (χ0n) is 11.9. The molecule has 106 valence electrons. The van der Waals surface area contributed by atoms with Crippen LogP contribution in [0.2, 0.25) is 0 Å². The van der Waals surface area contributed by atoms with Crippen LogP contribution in [0.25, 0.3) is 0 Å². The van der Waals surface area contributed by atoms with Crippen LogP contribution in [0.1, 0.15) is 29.3 Å². The maximum Gasteiger partial charge on any atom is 0.259 e. The molecule has 0 atom stereocenters. The Morgan fingerprint density at radius 1 is 1.20 bits per heavy atom. The van der Waals surface area contributed by atoms with Gasteiger partial charge in [0.05, 0.1) is 5.69 Å². The molecule has 0 aliphatic heterocycles. The fourth-order valence-corrected chi connectivity index (χ4v) is 2.12. The van der Waals surface area contributed by atoms with Gasteiger partial charge in [0.2, 0.25) is 5.82 Å². The van der Waals surface area contributed by atoms with E-state index >= 15 is 0 Å². The number of aromatic nitrogens is 2. The average Bonchev–Trinajstić information content (AvgIpc) is 2.44. The molecule has 0 aliphatic rings. The van der Waals surface area contributed by atoms with Crippen LogP contribution in [0.15, 0.2) is 18.5 Å². The summed E-state index contributed by atoms with van der Waals surface area (Å²) in [5.41, 5.74) is 8.81. The first-order valence-electron chi connectivity index (χ1n) is 6.54. The minimum Gasteiger partial charge on any atom is -0.436 e. The van der Waals surface area contributed by atoms with E-state index in [0.29, 0.717) is 24.4 Å². The van der Waals surface area contributed by atoms with Gasteiger partial charge < -0.3 is 10.5 Å². The quantitative estimate of drug-likeness (QED) is 0.931. The Morgan fingerprint density at radius 3 is 2.40 bits per heavy atom. The molecule has 0 bridgehead atoms. The van der Waals surface area contributed by atoms with Crippen molar-refractivity contribution in [2.24, 2.45) is 5.73 Å². The summed E-state index contributed by atoms with van der Waals surface area (Å²) in [4.78, 5) is 7.76. The molecule has 1 heterocycles. The number of nitrogens with two attached hydrogens (primary N) is 1. The third-order valence-corrected chi connectivity index (χ3v) is 3.12. The molecule has 20 heavy (non-hydrogen) atoms. The van der Waals surface area contributed by atoms with Gasteiger partial charge in [0.15, 0.2) is 0 Å². The topological polar surface area (TPSA) is 61.0 Å². The van der Waals surface area contributed by atoms with Gasteiger partial charge in [-0.2, -0.15) is 9.37 Å². The van der Waals surface area contributed by atoms with Gasteiger partial charge >= 0.3 is 0 Å². The summed E-state index contributed by atoms with van der Waals surface area (Å²) in [5.74, 6) is 0.0714. The molecule has 0 spiro atoms. The third kappa shape index (κ3) is 2.77. The Labute approximate surface area is 117 Å². The second kappa shape index (κ2) is 5.96. The monoisotopic (exact) mass is 275 g/mol. The van der Waals surface area contributed by atoms with Crippen LogP contribution in [-0.2, 0) is 13.0 Å². The molecule has 2 aromatic rings. The molecule has 4 nitrogen and oxygen atoms in total. The summed E-state index contributed by atoms with van der Waals surface area (Å²) >= 11 is 0. The normalized spacial score (nSPS) is 10.7. The lowest BCUT2D eigenvalue weighted by atomic mass is 10.1. The Hall–Kier alpha value is -2.01. The van der Waals surface area contributed by atoms with Crippen LogP contribution in [0, 0.1) is 19.7 Å². The number of hydrogen-bond acceptors (Lipinski definition) is 4. The van der Waals surface area contributed by atoms with Gasteiger partial charge in [-0.05, 0) is 37.0 Å². The van der Waals surface area contributed by atoms with E-state index in [1.807, 2.05) is 32.9 Å². The van der Waals surface area contributed by atoms with Crippen LogP contribution in [0.5, 0.6) is 11.6 Å². The summed E-state index contributed by atoms with van der Waals surface area (Å²) in [7, 11) is 0. The van der Waals surface area contributed by atoms with Crippen molar-refractivity contribution in [3.63, 3.8) is 0 Å². The van der Waals surface area contributed by atoms with Crippen molar-refractivity contribution in [3.05, 3.63) is 46.7 Å². The largest absolute Gasteiger partial charge is 0.436 e. The Morgan fingerprint density at radius 2 is 1.85 bits per heavy atom. The van der Waals surface area contributed by atoms with Crippen LogP contribution in [-0.4, -0.2) is 9.97 Å². The predicted molar refractivity (Wildman–Crippen MR) is 75.2 cm³/mol. The van der Waals surface area contributed by atoms with E-state index in [2.05, 4.69) is 9.97 Å². The first-order valence-corrected chi connectivity index (χ1v) is 6.54. The van der Waals surface area contributed by atoms with Crippen molar-refractivity contribution < 1.29 is 9.13 Å². The highest BCUT2D eigenvalue weighted by atomic mass is 19.1. The smallest absolute Gasteiger partial charge is 0.259 e. The van der Waals surface area contributed by atoms with Gasteiger partial charge in [-0.3, -0.25) is 0 Å². The Balaban J connectivity index is 2.40. The van der Waals surface area contributed by atoms with Gasteiger partial charge in [0, 0.05) is 6.54 Å². The number of nitrogens with zero attached hydrogens (tertiary/aromatic N) is 2. The number of halogens is 1. The third-order valence-electron chi connectivity index (χ3n) is 3.12. The van der Waals surface area contributed by atoms with Crippen molar-refractivity contribution in [2.75, 3.05) is 0 Å². The van der Waals surface area contributed by atoms with Crippen LogP contribution in [0.3, 0.4) is 0 Å². The van der Waals surface area contributed by atoms with Crippen molar-refractivity contribution in [3.8, 4) is 11.6 Å². The van der Waals surface area contributed by atoms with Gasteiger partial charge in [0.25, 0.3) is 5.88 Å². The minimum atomic E-state index is -0.503. The summed E-state index contributed by atoms with van der Waals surface area (Å²) < 4.78 is 19.7. The van der Waals surface area contributed by atoms with Crippen LogP contribution in [0.4, 0.5) is 4.39 Å². The van der Waals surface area contributed by atoms with E-state index in [4.69, 9.17) is 10.5 Å². The number of aryl methyl sites for hydroxylation is 3. The first-order chi connectivity index (χ1) is 9.56. The van der Waals surface area contributed by atoms with Crippen molar-refractivity contribution in [1.82, 2.24) is 9.97 Å². The molecule has 0 aliphatic carbocycles. The van der Waals surface area contributed by atoms with Gasteiger partial charge in [-0.1, -0.05) is 19.1 Å². The molecule has 2 rings (SSSR count). The molecule has 0 radical (unpaired) electrons. The SMILES string of the molecule is CCc1ncnc(Oc2c(C)cc(CN)cc2C)c1F. The second-order valence-electron chi connectivity index (χ2n) is 4.66. The lowest BCUT2D eigenvalue weighted by Crippen LogP contribution is -2.03. The molecule has 0 amide bonds. The predicted octanol–water partition coefficient (Wildman–Crippen LogP) is 3.05. The van der Waals surface area contributed by atoms with E-state index in [-0.39, 0.29) is 5.88 Å². The molecule has 5 heteroatoms. The van der Waals surface area contributed by atoms with Crippen molar-refractivity contribution in [1.29, 1.82) is 0 Å². The van der Waals surface area contributed by atoms with Gasteiger partial charge in [0.1, 0.15) is 12.1 Å². The van der Waals surface area contributed by atoms with E-state index in [1.165, 1.54) is 6.33 Å². The van der Waals surface area contributed by atoms with Gasteiger partial charge in [-0.15, -0.1) is 0 Å². The van der Waals surface area contributed by atoms with E-state index in [9.17, 15) is 4.39 Å². The average molecular weight is 275 g/mol. The van der Waals surface area contributed by atoms with E-state index < -0.39 is 5.82 Å². The Kier molecular flexibility index (Phi) is 4.29. The summed E-state index contributed by atoms with van der Waals surface area (Å²) in [6, 6.07) is 3.87. The van der Waals surface area contributed by atoms with Gasteiger partial charge in [-0.25, -0.2) is 4.98 Å². The fourth-order valence-electron chi connectivity index (χ4n) is 2.12. The fraction of sp³-hybridized carbons (Fsp3) is 0.333. The van der Waals surface area contributed by atoms with Crippen LogP contribution < -0.4 is 10.5 Å². The molecule has 0 unspecified atom stereocenters. The second-order valence-corrected chi connectivity index (χ2v) is 4.66. The van der Waals surface area contributed by atoms with Crippen LogP contribution >= 0.6 is 0 Å². The summed E-state index contributed by atoms with van der Waals surface area (Å²) in [5, 5.41) is 0. The number of benzene rings is 1. The highest BCUT2D eigenvalue weighted by Crippen LogP contribution is 2.30. The number of ether oxygens (including phenoxy) is 1. The highest BCUT2D eigenvalue weighted by molar-refractivity contribution is 5.45. The highest BCUT2D eigenvalue weighted by Gasteiger charge is 2.14. The van der Waals surface area contributed by atoms with E-state index in [1.54, 1.807) is 0 Å². The zero-order valence-corrected chi connectivity index (χ0v) is 11.9. The molecule has 0 saturated carbocycles. The molecule has 0 saturated heterocycles. The Bertz CT molecular complexity index is 606. The molecule has 1 aromatic heterocycles. The molecule has 2 N–H and O–H groups in total. The van der Waals surface area contributed by atoms with Crippen molar-refractivity contribution >= 4 is 0 Å². The summed E-state index contributed by atoms with van der Waals surface area (Å²) in [6.07, 6.45) is 1.81. The number of rotatable bonds is 4. The molecule has 1 aromatic carbocycles. The maximum atomic E-state index is 14.1. The number of hydrogen-bond donors (Lipinski definition) is 1. The zero-order chi connectivity index (χ0) is 14.7. The maximum absolute atomic E-state index is 14.1. The standard InChI is InChI=1S/C15H18FN3O/c1-4-12-13(16)15(19-8-18-12)20-14-9(2)5-11(7-17)6-10(14)3/h5-6,8H,4,7,17H2,1-3H3.